The highest BCUT2D eigenvalue weighted by molar-refractivity contribution is 5.02. The quantitative estimate of drug-likeness (QED) is 0.923. The van der Waals surface area contributed by atoms with E-state index in [0.29, 0.717) is 18.1 Å². The van der Waals surface area contributed by atoms with Gasteiger partial charge in [0.1, 0.15) is 0 Å². The Bertz CT molecular complexity index is 430. The fourth-order valence-electron chi connectivity index (χ4n) is 2.97. The van der Waals surface area contributed by atoms with Crippen LogP contribution >= 0.6 is 0 Å². The van der Waals surface area contributed by atoms with Crippen LogP contribution in [0.15, 0.2) is 12.3 Å². The zero-order chi connectivity index (χ0) is 14.9. The van der Waals surface area contributed by atoms with Crippen LogP contribution in [-0.2, 0) is 6.54 Å². The third kappa shape index (κ3) is 3.61. The molecule has 2 rings (SSSR count). The molecule has 1 N–H and O–H groups in total. The molecule has 114 valence electrons. The smallest absolute Gasteiger partial charge is 0.0765 e. The minimum absolute atomic E-state index is 0.285. The van der Waals surface area contributed by atoms with Crippen molar-refractivity contribution in [3.05, 3.63) is 18.0 Å². The van der Waals surface area contributed by atoms with Gasteiger partial charge in [-0.15, -0.1) is 0 Å². The number of nitrogens with zero attached hydrogens (tertiary/aromatic N) is 3. The van der Waals surface area contributed by atoms with Crippen LogP contribution in [0, 0.1) is 5.41 Å². The summed E-state index contributed by atoms with van der Waals surface area (Å²) >= 11 is 0. The fourth-order valence-corrected chi connectivity index (χ4v) is 2.97. The normalized spacial score (nSPS) is 25.4. The van der Waals surface area contributed by atoms with Crippen molar-refractivity contribution in [2.24, 2.45) is 5.41 Å². The average molecular weight is 278 g/mol. The van der Waals surface area contributed by atoms with Crippen LogP contribution in [0.2, 0.25) is 0 Å². The van der Waals surface area contributed by atoms with Crippen LogP contribution < -0.4 is 5.32 Å². The largest absolute Gasteiger partial charge is 0.311 e. The van der Waals surface area contributed by atoms with Crippen LogP contribution in [0.1, 0.15) is 53.3 Å². The maximum atomic E-state index is 4.70. The Labute approximate surface area is 123 Å². The van der Waals surface area contributed by atoms with Crippen LogP contribution in [0.3, 0.4) is 0 Å². The van der Waals surface area contributed by atoms with Gasteiger partial charge < -0.3 is 5.32 Å². The lowest BCUT2D eigenvalue weighted by Gasteiger charge is -2.45. The lowest BCUT2D eigenvalue weighted by Crippen LogP contribution is -2.59. The zero-order valence-corrected chi connectivity index (χ0v) is 13.8. The first-order valence-electron chi connectivity index (χ1n) is 7.79. The lowest BCUT2D eigenvalue weighted by molar-refractivity contribution is 0.0514. The van der Waals surface area contributed by atoms with Crippen molar-refractivity contribution in [2.75, 3.05) is 13.1 Å². The van der Waals surface area contributed by atoms with Crippen molar-refractivity contribution in [1.29, 1.82) is 0 Å². The molecule has 1 aliphatic heterocycles. The van der Waals surface area contributed by atoms with Gasteiger partial charge in [0.15, 0.2) is 0 Å². The molecule has 1 saturated heterocycles. The molecule has 4 heteroatoms. The van der Waals surface area contributed by atoms with Crippen LogP contribution in [0.4, 0.5) is 0 Å². The van der Waals surface area contributed by atoms with Crippen molar-refractivity contribution >= 4 is 0 Å². The van der Waals surface area contributed by atoms with E-state index in [-0.39, 0.29) is 5.41 Å². The van der Waals surface area contributed by atoms with E-state index in [1.807, 2.05) is 4.68 Å². The Hall–Kier alpha value is -0.870. The molecule has 4 nitrogen and oxygen atoms in total. The van der Waals surface area contributed by atoms with Gasteiger partial charge in [-0.2, -0.15) is 5.10 Å². The highest BCUT2D eigenvalue weighted by atomic mass is 15.3. The van der Waals surface area contributed by atoms with E-state index < -0.39 is 0 Å². The monoisotopic (exact) mass is 278 g/mol. The molecule has 0 aliphatic carbocycles. The number of aromatic nitrogens is 2. The molecule has 20 heavy (non-hydrogen) atoms. The highest BCUT2D eigenvalue weighted by Gasteiger charge is 2.34. The summed E-state index contributed by atoms with van der Waals surface area (Å²) in [6, 6.07) is 3.71. The molecular weight excluding hydrogens is 248 g/mol. The van der Waals surface area contributed by atoms with Gasteiger partial charge >= 0.3 is 0 Å². The van der Waals surface area contributed by atoms with Gasteiger partial charge in [-0.25, -0.2) is 0 Å². The van der Waals surface area contributed by atoms with Crippen molar-refractivity contribution < 1.29 is 0 Å². The molecular formula is C16H30N4. The summed E-state index contributed by atoms with van der Waals surface area (Å²) in [5.41, 5.74) is 1.47. The topological polar surface area (TPSA) is 33.1 Å². The molecule has 0 radical (unpaired) electrons. The van der Waals surface area contributed by atoms with Crippen molar-refractivity contribution in [2.45, 2.75) is 66.2 Å². The molecule has 1 aliphatic rings. The van der Waals surface area contributed by atoms with Gasteiger partial charge in [-0.1, -0.05) is 20.8 Å². The van der Waals surface area contributed by atoms with Gasteiger partial charge in [-0.05, 0) is 32.3 Å². The minimum atomic E-state index is 0.285. The van der Waals surface area contributed by atoms with E-state index in [2.05, 4.69) is 64.0 Å². The number of nitrogens with one attached hydrogen (secondary N) is 1. The molecule has 0 aromatic carbocycles. The molecule has 0 bridgehead atoms. The highest BCUT2D eigenvalue weighted by Crippen LogP contribution is 2.27. The van der Waals surface area contributed by atoms with Crippen LogP contribution in [0.5, 0.6) is 0 Å². The van der Waals surface area contributed by atoms with Gasteiger partial charge in [0.05, 0.1) is 5.69 Å². The first-order valence-corrected chi connectivity index (χ1v) is 7.79. The molecule has 1 fully saturated rings. The Kier molecular flexibility index (Phi) is 4.55. The number of hydrogen-bond donors (Lipinski definition) is 1. The third-order valence-corrected chi connectivity index (χ3v) is 4.17. The molecule has 2 heterocycles. The fraction of sp³-hybridized carbons (Fsp3) is 0.812. The maximum absolute atomic E-state index is 4.70. The Morgan fingerprint density at radius 2 is 2.10 bits per heavy atom. The van der Waals surface area contributed by atoms with Gasteiger partial charge in [-0.3, -0.25) is 9.58 Å². The molecule has 2 unspecified atom stereocenters. The summed E-state index contributed by atoms with van der Waals surface area (Å²) in [7, 11) is 0. The van der Waals surface area contributed by atoms with E-state index in [0.717, 1.165) is 19.6 Å². The Morgan fingerprint density at radius 3 is 2.65 bits per heavy atom. The van der Waals surface area contributed by atoms with Gasteiger partial charge in [0.25, 0.3) is 0 Å². The second-order valence-electron chi connectivity index (χ2n) is 7.50. The third-order valence-electron chi connectivity index (χ3n) is 4.17. The zero-order valence-electron chi connectivity index (χ0n) is 13.8. The van der Waals surface area contributed by atoms with E-state index in [4.69, 9.17) is 5.10 Å². The van der Waals surface area contributed by atoms with E-state index >= 15 is 0 Å². The Morgan fingerprint density at radius 1 is 1.40 bits per heavy atom. The summed E-state index contributed by atoms with van der Waals surface area (Å²) in [4.78, 5) is 2.59. The molecule has 0 spiro atoms. The molecule has 1 aromatic rings. The number of piperazine rings is 1. The predicted octanol–water partition coefficient (Wildman–Crippen LogP) is 2.67. The Balaban J connectivity index is 2.10. The SMILES string of the molecule is CC1CN(Cc2ccn(C(C)C)n2)C(C(C)(C)C)CN1. The average Bonchev–Trinajstić information content (AvgIpc) is 2.76. The second-order valence-corrected chi connectivity index (χ2v) is 7.50. The van der Waals surface area contributed by atoms with E-state index in [9.17, 15) is 0 Å². The van der Waals surface area contributed by atoms with Crippen LogP contribution in [-0.4, -0.2) is 39.9 Å². The van der Waals surface area contributed by atoms with Crippen molar-refractivity contribution in [1.82, 2.24) is 20.0 Å². The summed E-state index contributed by atoms with van der Waals surface area (Å²) in [6.45, 7) is 16.7. The molecule has 0 amide bonds. The standard InChI is InChI=1S/C16H30N4/c1-12(2)20-8-7-14(18-20)11-19-10-13(3)17-9-15(19)16(4,5)6/h7-8,12-13,15,17H,9-11H2,1-6H3. The summed E-state index contributed by atoms with van der Waals surface area (Å²) in [5.74, 6) is 0. The second kappa shape index (κ2) is 5.86. The van der Waals surface area contributed by atoms with E-state index in [1.54, 1.807) is 0 Å². The minimum Gasteiger partial charge on any atom is -0.311 e. The molecule has 1 aromatic heterocycles. The lowest BCUT2D eigenvalue weighted by atomic mass is 9.84. The maximum Gasteiger partial charge on any atom is 0.0765 e. The molecule has 0 saturated carbocycles. The van der Waals surface area contributed by atoms with E-state index in [1.165, 1.54) is 5.69 Å². The number of rotatable bonds is 3. The van der Waals surface area contributed by atoms with Gasteiger partial charge in [0.2, 0.25) is 0 Å². The number of hydrogen-bond acceptors (Lipinski definition) is 3. The first-order chi connectivity index (χ1) is 9.27. The summed E-state index contributed by atoms with van der Waals surface area (Å²) < 4.78 is 2.05. The summed E-state index contributed by atoms with van der Waals surface area (Å²) in [6.07, 6.45) is 2.09. The first kappa shape index (κ1) is 15.5. The summed E-state index contributed by atoms with van der Waals surface area (Å²) in [5, 5.41) is 8.31. The van der Waals surface area contributed by atoms with Crippen LogP contribution in [0.25, 0.3) is 0 Å². The predicted molar refractivity (Wildman–Crippen MR) is 83.7 cm³/mol. The van der Waals surface area contributed by atoms with Crippen molar-refractivity contribution in [3.8, 4) is 0 Å². The van der Waals surface area contributed by atoms with Gasteiger partial charge in [0, 0.05) is 44.0 Å². The van der Waals surface area contributed by atoms with Crippen molar-refractivity contribution in [3.63, 3.8) is 0 Å². The molecule has 2 atom stereocenters.